The first-order valence-corrected chi connectivity index (χ1v) is 11.1. The zero-order valence-electron chi connectivity index (χ0n) is 15.8. The molecule has 0 unspecified atom stereocenters. The van der Waals surface area contributed by atoms with Crippen LogP contribution in [0.5, 0.6) is 0 Å². The number of hydrogen-bond donors (Lipinski definition) is 0. The molecule has 1 heterocycles. The lowest BCUT2D eigenvalue weighted by Crippen LogP contribution is -2.31. The van der Waals surface area contributed by atoms with E-state index in [2.05, 4.69) is 12.0 Å². The Labute approximate surface area is 157 Å². The molecule has 0 aliphatic heterocycles. The van der Waals surface area contributed by atoms with Crippen molar-refractivity contribution in [1.82, 2.24) is 14.1 Å². The number of benzene rings is 1. The highest BCUT2D eigenvalue weighted by Gasteiger charge is 2.29. The Morgan fingerprint density at radius 2 is 1.88 bits per heavy atom. The second kappa shape index (κ2) is 8.35. The van der Waals surface area contributed by atoms with E-state index in [4.69, 9.17) is 0 Å². The third-order valence-corrected chi connectivity index (χ3v) is 7.10. The predicted molar refractivity (Wildman–Crippen MR) is 103 cm³/mol. The van der Waals surface area contributed by atoms with Crippen LogP contribution in [-0.4, -0.2) is 29.0 Å². The Balaban J connectivity index is 1.89. The molecule has 0 bridgehead atoms. The van der Waals surface area contributed by atoms with Gasteiger partial charge in [-0.25, -0.2) is 8.42 Å². The molecule has 6 heteroatoms. The van der Waals surface area contributed by atoms with Gasteiger partial charge in [-0.2, -0.15) is 9.40 Å². The molecule has 2 aromatic rings. The Bertz CT molecular complexity index is 809. The Morgan fingerprint density at radius 1 is 1.19 bits per heavy atom. The van der Waals surface area contributed by atoms with Crippen LogP contribution in [0.15, 0.2) is 41.4 Å². The van der Waals surface area contributed by atoms with Crippen molar-refractivity contribution in [3.8, 4) is 0 Å². The van der Waals surface area contributed by atoms with Crippen LogP contribution >= 0.6 is 0 Å². The lowest BCUT2D eigenvalue weighted by molar-refractivity contribution is 0.397. The largest absolute Gasteiger partial charge is 0.268 e. The molecular weight excluding hydrogens is 346 g/mol. The topological polar surface area (TPSA) is 55.2 Å². The highest BCUT2D eigenvalue weighted by molar-refractivity contribution is 7.89. The minimum atomic E-state index is -3.56. The molecule has 142 valence electrons. The quantitative estimate of drug-likeness (QED) is 0.691. The van der Waals surface area contributed by atoms with Crippen molar-refractivity contribution in [3.63, 3.8) is 0 Å². The fraction of sp³-hybridized carbons (Fsp3) is 0.550. The van der Waals surface area contributed by atoms with Gasteiger partial charge in [0.05, 0.1) is 11.7 Å². The van der Waals surface area contributed by atoms with Gasteiger partial charge >= 0.3 is 0 Å². The van der Waals surface area contributed by atoms with Crippen molar-refractivity contribution in [1.29, 1.82) is 0 Å². The first-order valence-electron chi connectivity index (χ1n) is 9.62. The molecular formula is C20H29N3O2S. The molecule has 3 rings (SSSR count). The van der Waals surface area contributed by atoms with Gasteiger partial charge in [0.2, 0.25) is 10.0 Å². The molecule has 0 radical (unpaired) electrons. The monoisotopic (exact) mass is 375 g/mol. The molecule has 0 atom stereocenters. The summed E-state index contributed by atoms with van der Waals surface area (Å²) >= 11 is 0. The summed E-state index contributed by atoms with van der Waals surface area (Å²) in [5.74, 6) is 0. The van der Waals surface area contributed by atoms with Crippen LogP contribution in [-0.2, 0) is 16.6 Å². The van der Waals surface area contributed by atoms with Gasteiger partial charge in [-0.05, 0) is 31.7 Å². The summed E-state index contributed by atoms with van der Waals surface area (Å²) in [6.07, 6.45) is 8.13. The Hall–Kier alpha value is -1.66. The number of sulfonamides is 1. The second-order valence-corrected chi connectivity index (χ2v) is 9.08. The number of unbranched alkanes of at least 4 members (excludes halogenated alkanes) is 1. The summed E-state index contributed by atoms with van der Waals surface area (Å²) in [5, 5.41) is 4.54. The summed E-state index contributed by atoms with van der Waals surface area (Å²) < 4.78 is 30.2. The molecule has 26 heavy (non-hydrogen) atoms. The molecule has 5 nitrogen and oxygen atoms in total. The molecule has 1 fully saturated rings. The van der Waals surface area contributed by atoms with E-state index in [1.807, 2.05) is 35.0 Å². The number of aryl methyl sites for hydroxylation is 1. The zero-order chi connectivity index (χ0) is 18.6. The molecule has 0 saturated heterocycles. The van der Waals surface area contributed by atoms with Crippen molar-refractivity contribution in [2.75, 3.05) is 6.54 Å². The van der Waals surface area contributed by atoms with Crippen LogP contribution in [0.3, 0.4) is 0 Å². The summed E-state index contributed by atoms with van der Waals surface area (Å²) in [6.45, 7) is 4.81. The van der Waals surface area contributed by atoms with Gasteiger partial charge in [0.25, 0.3) is 0 Å². The highest BCUT2D eigenvalue weighted by Crippen LogP contribution is 2.31. The number of nitrogens with zero attached hydrogens (tertiary/aromatic N) is 3. The fourth-order valence-electron chi connectivity index (χ4n) is 3.62. The van der Waals surface area contributed by atoms with E-state index in [1.54, 1.807) is 17.4 Å². The SMILES string of the molecule is CCCCN(Cc1ccccc1)S(=O)(=O)c1cn(C2CCCC2)nc1C. The van der Waals surface area contributed by atoms with Gasteiger partial charge in [0, 0.05) is 19.3 Å². The number of aromatic nitrogens is 2. The van der Waals surface area contributed by atoms with Crippen LogP contribution in [0, 0.1) is 6.92 Å². The molecule has 0 N–H and O–H groups in total. The smallest absolute Gasteiger partial charge is 0.246 e. The standard InChI is InChI=1S/C20H29N3O2S/c1-3-4-14-22(15-18-10-6-5-7-11-18)26(24,25)20-16-23(21-17(20)2)19-12-8-9-13-19/h5-7,10-11,16,19H,3-4,8-9,12-15H2,1-2H3. The van der Waals surface area contributed by atoms with Crippen LogP contribution in [0.1, 0.15) is 62.7 Å². The van der Waals surface area contributed by atoms with E-state index < -0.39 is 10.0 Å². The summed E-state index contributed by atoms with van der Waals surface area (Å²) in [7, 11) is -3.56. The second-order valence-electron chi connectivity index (χ2n) is 7.17. The molecule has 0 amide bonds. The van der Waals surface area contributed by atoms with Gasteiger partial charge in [-0.1, -0.05) is 56.5 Å². The van der Waals surface area contributed by atoms with Crippen molar-refractivity contribution in [3.05, 3.63) is 47.8 Å². The molecule has 0 spiro atoms. The van der Waals surface area contributed by atoms with Crippen molar-refractivity contribution < 1.29 is 8.42 Å². The normalized spacial score (nSPS) is 15.8. The predicted octanol–water partition coefficient (Wildman–Crippen LogP) is 4.30. The average molecular weight is 376 g/mol. The maximum absolute atomic E-state index is 13.4. The van der Waals surface area contributed by atoms with E-state index in [0.29, 0.717) is 29.7 Å². The number of rotatable bonds is 8. The minimum absolute atomic E-state index is 0.343. The van der Waals surface area contributed by atoms with Gasteiger partial charge < -0.3 is 0 Å². The third kappa shape index (κ3) is 4.18. The van der Waals surface area contributed by atoms with Crippen LogP contribution in [0.25, 0.3) is 0 Å². The van der Waals surface area contributed by atoms with Gasteiger partial charge in [-0.3, -0.25) is 4.68 Å². The lowest BCUT2D eigenvalue weighted by Gasteiger charge is -2.22. The maximum atomic E-state index is 13.4. The average Bonchev–Trinajstić information content (AvgIpc) is 3.29. The molecule has 1 aromatic carbocycles. The van der Waals surface area contributed by atoms with Crippen LogP contribution in [0.2, 0.25) is 0 Å². The summed E-state index contributed by atoms with van der Waals surface area (Å²) in [6, 6.07) is 10.1. The molecule has 1 saturated carbocycles. The highest BCUT2D eigenvalue weighted by atomic mass is 32.2. The van der Waals surface area contributed by atoms with Crippen LogP contribution < -0.4 is 0 Å². The van der Waals surface area contributed by atoms with Crippen molar-refractivity contribution >= 4 is 10.0 Å². The van der Waals surface area contributed by atoms with E-state index in [0.717, 1.165) is 31.2 Å². The number of hydrogen-bond acceptors (Lipinski definition) is 3. The van der Waals surface area contributed by atoms with E-state index in [9.17, 15) is 8.42 Å². The Morgan fingerprint density at radius 3 is 2.54 bits per heavy atom. The van der Waals surface area contributed by atoms with E-state index >= 15 is 0 Å². The molecule has 1 aliphatic rings. The van der Waals surface area contributed by atoms with Crippen molar-refractivity contribution in [2.24, 2.45) is 0 Å². The first kappa shape index (κ1) is 19.1. The summed E-state index contributed by atoms with van der Waals surface area (Å²) in [4.78, 5) is 0.358. The van der Waals surface area contributed by atoms with Gasteiger partial charge in [0.15, 0.2) is 0 Å². The fourth-order valence-corrected chi connectivity index (χ4v) is 5.24. The van der Waals surface area contributed by atoms with Crippen LogP contribution in [0.4, 0.5) is 0 Å². The lowest BCUT2D eigenvalue weighted by atomic mass is 10.2. The van der Waals surface area contributed by atoms with Gasteiger partial charge in [0.1, 0.15) is 4.90 Å². The molecule has 1 aromatic heterocycles. The molecule has 1 aliphatic carbocycles. The van der Waals surface area contributed by atoms with Gasteiger partial charge in [-0.15, -0.1) is 0 Å². The summed E-state index contributed by atoms with van der Waals surface area (Å²) in [5.41, 5.74) is 1.61. The van der Waals surface area contributed by atoms with Crippen molar-refractivity contribution in [2.45, 2.75) is 69.9 Å². The zero-order valence-corrected chi connectivity index (χ0v) is 16.6. The maximum Gasteiger partial charge on any atom is 0.246 e. The minimum Gasteiger partial charge on any atom is -0.268 e. The first-order chi connectivity index (χ1) is 12.5. The Kier molecular flexibility index (Phi) is 6.14. The van der Waals surface area contributed by atoms with E-state index in [1.165, 1.54) is 12.8 Å². The third-order valence-electron chi connectivity index (χ3n) is 5.15. The van der Waals surface area contributed by atoms with E-state index in [-0.39, 0.29) is 0 Å².